The summed E-state index contributed by atoms with van der Waals surface area (Å²) in [5, 5.41) is 0. The van der Waals surface area contributed by atoms with Gasteiger partial charge in [-0.2, -0.15) is 0 Å². The molecule has 0 spiro atoms. The molecular formula is C31H38N2O6S. The number of hydrogen-bond acceptors (Lipinski definition) is 8. The van der Waals surface area contributed by atoms with Crippen LogP contribution in [0.1, 0.15) is 85.4 Å². The zero-order chi connectivity index (χ0) is 29.3. The summed E-state index contributed by atoms with van der Waals surface area (Å²) in [7, 11) is 1.37. The molecule has 0 bridgehead atoms. The van der Waals surface area contributed by atoms with E-state index >= 15 is 0 Å². The molecule has 1 aromatic heterocycles. The summed E-state index contributed by atoms with van der Waals surface area (Å²) in [6.45, 7) is 9.85. The number of carbonyl (C=O) groups excluding carboxylic acids is 3. The van der Waals surface area contributed by atoms with E-state index in [9.17, 15) is 14.4 Å². The Morgan fingerprint density at radius 1 is 0.975 bits per heavy atom. The average Bonchev–Trinajstić information content (AvgIpc) is 3.27. The van der Waals surface area contributed by atoms with Crippen LogP contribution < -0.4 is 0 Å². The summed E-state index contributed by atoms with van der Waals surface area (Å²) < 4.78 is 17.6. The molecule has 214 valence electrons. The lowest BCUT2D eigenvalue weighted by molar-refractivity contribution is -0.151. The molecule has 0 aliphatic heterocycles. The lowest BCUT2D eigenvalue weighted by Gasteiger charge is -2.19. The number of methoxy groups -OCH3 is 1. The van der Waals surface area contributed by atoms with E-state index in [4.69, 9.17) is 18.6 Å². The first-order valence-corrected chi connectivity index (χ1v) is 14.4. The van der Waals surface area contributed by atoms with Crippen molar-refractivity contribution in [1.29, 1.82) is 0 Å². The molecule has 3 rings (SSSR count). The highest BCUT2D eigenvalue weighted by molar-refractivity contribution is 7.95. The van der Waals surface area contributed by atoms with Crippen LogP contribution >= 0.6 is 12.0 Å². The second kappa shape index (κ2) is 14.2. The Morgan fingerprint density at radius 3 is 2.30 bits per heavy atom. The van der Waals surface area contributed by atoms with Crippen molar-refractivity contribution in [2.45, 2.75) is 72.4 Å². The first-order chi connectivity index (χ1) is 19.1. The Balaban J connectivity index is 1.86. The predicted molar refractivity (Wildman–Crippen MR) is 156 cm³/mol. The summed E-state index contributed by atoms with van der Waals surface area (Å²) in [6, 6.07) is 15.2. The van der Waals surface area contributed by atoms with Crippen molar-refractivity contribution in [3.63, 3.8) is 0 Å². The number of nitrogens with zero attached hydrogens (tertiary/aromatic N) is 2. The number of benzene rings is 2. The topological polar surface area (TPSA) is 96.7 Å². The number of imidazole rings is 1. The van der Waals surface area contributed by atoms with Gasteiger partial charge in [-0.25, -0.2) is 14.6 Å². The number of unbranched alkanes of at least 4 members (excludes halogenated alkanes) is 1. The molecule has 40 heavy (non-hydrogen) atoms. The maximum absolute atomic E-state index is 13.3. The van der Waals surface area contributed by atoms with Gasteiger partial charge in [0.15, 0.2) is 5.69 Å². The van der Waals surface area contributed by atoms with Gasteiger partial charge in [-0.05, 0) is 56.4 Å². The highest BCUT2D eigenvalue weighted by Crippen LogP contribution is 2.26. The fourth-order valence-corrected chi connectivity index (χ4v) is 4.66. The molecule has 3 aromatic rings. The zero-order valence-corrected chi connectivity index (χ0v) is 24.9. The van der Waals surface area contributed by atoms with Crippen molar-refractivity contribution in [2.75, 3.05) is 12.9 Å². The Morgan fingerprint density at radius 2 is 1.68 bits per heavy atom. The maximum Gasteiger partial charge on any atom is 0.368 e. The van der Waals surface area contributed by atoms with Crippen LogP contribution in [0.4, 0.5) is 0 Å². The summed E-state index contributed by atoms with van der Waals surface area (Å²) in [4.78, 5) is 42.3. The van der Waals surface area contributed by atoms with Crippen LogP contribution in [0.2, 0.25) is 0 Å². The lowest BCUT2D eigenvalue weighted by atomic mass is 9.98. The van der Waals surface area contributed by atoms with Crippen molar-refractivity contribution < 1.29 is 28.0 Å². The number of carbonyl (C=O) groups is 3. The SMILES string of the molecule is CCCCc1nc(CC)c(C(=O)OSCC(=O)OC(C)(C)C)n1Cc1ccc(-c2ccccc2C(=O)OC)cc1. The number of ether oxygens (including phenoxy) is 2. The maximum atomic E-state index is 13.3. The molecule has 0 saturated carbocycles. The van der Waals surface area contributed by atoms with Crippen LogP contribution in [0.5, 0.6) is 0 Å². The molecule has 0 aliphatic carbocycles. The molecule has 1 heterocycles. The van der Waals surface area contributed by atoms with Gasteiger partial charge in [-0.1, -0.05) is 62.7 Å². The second-order valence-electron chi connectivity index (χ2n) is 10.3. The molecule has 0 N–H and O–H groups in total. The van der Waals surface area contributed by atoms with Gasteiger partial charge in [-0.15, -0.1) is 0 Å². The number of aromatic nitrogens is 2. The standard InChI is InChI=1S/C31H38N2O6S/c1-7-9-14-26-32-25(8-2)28(30(36)39-40-20-27(34)38-31(3,4)5)33(26)19-21-15-17-22(18-16-21)23-12-10-11-13-24(23)29(35)37-6/h10-13,15-18H,7-9,14,19-20H2,1-6H3. The van der Waals surface area contributed by atoms with Crippen LogP contribution in [0, 0.1) is 0 Å². The molecule has 0 unspecified atom stereocenters. The van der Waals surface area contributed by atoms with E-state index in [1.807, 2.05) is 47.9 Å². The third-order valence-electron chi connectivity index (χ3n) is 6.07. The Hall–Kier alpha value is -3.59. The van der Waals surface area contributed by atoms with E-state index in [0.29, 0.717) is 29.9 Å². The van der Waals surface area contributed by atoms with Gasteiger partial charge >= 0.3 is 17.9 Å². The van der Waals surface area contributed by atoms with Gasteiger partial charge in [0.25, 0.3) is 0 Å². The van der Waals surface area contributed by atoms with Crippen LogP contribution in [-0.4, -0.2) is 45.9 Å². The van der Waals surface area contributed by atoms with E-state index in [0.717, 1.165) is 53.8 Å². The van der Waals surface area contributed by atoms with Crippen molar-refractivity contribution in [1.82, 2.24) is 9.55 Å². The number of esters is 2. The molecule has 0 fully saturated rings. The fraction of sp³-hybridized carbons (Fsp3) is 0.419. The molecule has 9 heteroatoms. The Bertz CT molecular complexity index is 1320. The van der Waals surface area contributed by atoms with Gasteiger partial charge < -0.3 is 18.2 Å². The van der Waals surface area contributed by atoms with Crippen molar-refractivity contribution in [2.24, 2.45) is 0 Å². The molecule has 0 saturated heterocycles. The second-order valence-corrected chi connectivity index (χ2v) is 11.0. The minimum Gasteiger partial charge on any atom is -0.465 e. The molecule has 0 radical (unpaired) electrons. The predicted octanol–water partition coefficient (Wildman–Crippen LogP) is 6.44. The lowest BCUT2D eigenvalue weighted by Crippen LogP contribution is -2.25. The Kier molecular flexibility index (Phi) is 11.0. The van der Waals surface area contributed by atoms with Crippen molar-refractivity contribution in [3.05, 3.63) is 76.9 Å². The monoisotopic (exact) mass is 566 g/mol. The summed E-state index contributed by atoms with van der Waals surface area (Å²) in [6.07, 6.45) is 3.22. The van der Waals surface area contributed by atoms with E-state index in [-0.39, 0.29) is 5.75 Å². The number of hydrogen-bond donors (Lipinski definition) is 0. The summed E-state index contributed by atoms with van der Waals surface area (Å²) in [5.41, 5.74) is 3.58. The van der Waals surface area contributed by atoms with Gasteiger partial charge in [0, 0.05) is 13.0 Å². The fourth-order valence-electron chi connectivity index (χ4n) is 4.26. The minimum atomic E-state index is -0.610. The van der Waals surface area contributed by atoms with Gasteiger partial charge in [-0.3, -0.25) is 4.79 Å². The van der Waals surface area contributed by atoms with Crippen LogP contribution in [0.15, 0.2) is 48.5 Å². The largest absolute Gasteiger partial charge is 0.465 e. The normalized spacial score (nSPS) is 11.2. The molecule has 0 amide bonds. The zero-order valence-electron chi connectivity index (χ0n) is 24.1. The van der Waals surface area contributed by atoms with Crippen LogP contribution in [0.3, 0.4) is 0 Å². The van der Waals surface area contributed by atoms with E-state index in [1.165, 1.54) is 7.11 Å². The van der Waals surface area contributed by atoms with E-state index < -0.39 is 23.5 Å². The van der Waals surface area contributed by atoms with Gasteiger partial charge in [0.1, 0.15) is 17.2 Å². The highest BCUT2D eigenvalue weighted by Gasteiger charge is 2.25. The molecule has 8 nitrogen and oxygen atoms in total. The molecule has 2 aromatic carbocycles. The third kappa shape index (κ3) is 8.21. The van der Waals surface area contributed by atoms with E-state index in [2.05, 4.69) is 6.92 Å². The summed E-state index contributed by atoms with van der Waals surface area (Å²) >= 11 is 0.768. The smallest absolute Gasteiger partial charge is 0.368 e. The first-order valence-electron chi connectivity index (χ1n) is 13.5. The van der Waals surface area contributed by atoms with Crippen LogP contribution in [-0.2, 0) is 37.8 Å². The molecular weight excluding hydrogens is 528 g/mol. The minimum absolute atomic E-state index is 0.101. The van der Waals surface area contributed by atoms with Crippen molar-refractivity contribution in [3.8, 4) is 11.1 Å². The van der Waals surface area contributed by atoms with Gasteiger partial charge in [0.05, 0.1) is 30.4 Å². The number of rotatable bonds is 12. The quantitative estimate of drug-likeness (QED) is 0.183. The van der Waals surface area contributed by atoms with Gasteiger partial charge in [0.2, 0.25) is 0 Å². The molecule has 0 aliphatic rings. The first kappa shape index (κ1) is 30.9. The number of aryl methyl sites for hydroxylation is 2. The average molecular weight is 567 g/mol. The van der Waals surface area contributed by atoms with Crippen molar-refractivity contribution >= 4 is 30.0 Å². The Labute approximate surface area is 240 Å². The van der Waals surface area contributed by atoms with E-state index in [1.54, 1.807) is 32.9 Å². The third-order valence-corrected chi connectivity index (χ3v) is 6.69. The summed E-state index contributed by atoms with van der Waals surface area (Å²) in [5.74, 6) is -0.659. The van der Waals surface area contributed by atoms with Crippen LogP contribution in [0.25, 0.3) is 11.1 Å². The molecule has 0 atom stereocenters. The highest BCUT2D eigenvalue weighted by atomic mass is 32.2.